The minimum atomic E-state index is 0.947. The lowest BCUT2D eigenvalue weighted by atomic mass is 10.1. The van der Waals surface area contributed by atoms with Crippen LogP contribution in [0, 0.1) is 0 Å². The van der Waals surface area contributed by atoms with Crippen molar-refractivity contribution in [1.29, 1.82) is 0 Å². The zero-order valence-corrected chi connectivity index (χ0v) is 7.01. The molecular weight excluding hydrogens is 148 g/mol. The van der Waals surface area contributed by atoms with Crippen molar-refractivity contribution in [2.45, 2.75) is 12.8 Å². The van der Waals surface area contributed by atoms with Gasteiger partial charge in [0.2, 0.25) is 0 Å². The van der Waals surface area contributed by atoms with Gasteiger partial charge >= 0.3 is 0 Å². The molecule has 0 saturated heterocycles. The number of rotatable bonds is 1. The van der Waals surface area contributed by atoms with E-state index in [2.05, 4.69) is 22.9 Å². The van der Waals surface area contributed by atoms with Gasteiger partial charge in [0.25, 0.3) is 0 Å². The highest BCUT2D eigenvalue weighted by Gasteiger charge is 2.08. The van der Waals surface area contributed by atoms with Crippen molar-refractivity contribution in [2.24, 2.45) is 0 Å². The van der Waals surface area contributed by atoms with Crippen LogP contribution in [0.1, 0.15) is 17.7 Å². The summed E-state index contributed by atoms with van der Waals surface area (Å²) in [7, 11) is 0. The third kappa shape index (κ3) is 1.20. The Kier molecular flexibility index (Phi) is 1.82. The van der Waals surface area contributed by atoms with Gasteiger partial charge in [0, 0.05) is 6.54 Å². The zero-order valence-electron chi connectivity index (χ0n) is 7.01. The van der Waals surface area contributed by atoms with E-state index in [1.807, 2.05) is 6.07 Å². The largest absolute Gasteiger partial charge is 0.370 e. The summed E-state index contributed by atoms with van der Waals surface area (Å²) >= 11 is 0. The maximum Gasteiger partial charge on any atom is 0.129 e. The lowest BCUT2D eigenvalue weighted by molar-refractivity contribution is 0.817. The SMILES string of the molecule is C=Cc1ccc2c(n1)NCCC2. The minimum absolute atomic E-state index is 0.947. The summed E-state index contributed by atoms with van der Waals surface area (Å²) in [5, 5.41) is 3.28. The predicted octanol–water partition coefficient (Wildman–Crippen LogP) is 2.08. The average molecular weight is 160 g/mol. The molecule has 2 heterocycles. The van der Waals surface area contributed by atoms with E-state index < -0.39 is 0 Å². The highest BCUT2D eigenvalue weighted by atomic mass is 15.0. The summed E-state index contributed by atoms with van der Waals surface area (Å²) in [6.07, 6.45) is 4.13. The molecule has 0 radical (unpaired) electrons. The van der Waals surface area contributed by atoms with E-state index in [0.29, 0.717) is 0 Å². The number of hydrogen-bond acceptors (Lipinski definition) is 2. The van der Waals surface area contributed by atoms with Crippen LogP contribution in [0.4, 0.5) is 5.82 Å². The summed E-state index contributed by atoms with van der Waals surface area (Å²) in [6, 6.07) is 4.14. The first-order valence-corrected chi connectivity index (χ1v) is 4.26. The summed E-state index contributed by atoms with van der Waals surface area (Å²) < 4.78 is 0. The van der Waals surface area contributed by atoms with Crippen LogP contribution in [0.5, 0.6) is 0 Å². The first-order chi connectivity index (χ1) is 5.90. The Morgan fingerprint density at radius 2 is 2.42 bits per heavy atom. The Morgan fingerprint density at radius 1 is 1.50 bits per heavy atom. The second-order valence-corrected chi connectivity index (χ2v) is 2.98. The van der Waals surface area contributed by atoms with Gasteiger partial charge in [-0.15, -0.1) is 0 Å². The average Bonchev–Trinajstić information content (AvgIpc) is 2.17. The molecule has 0 bridgehead atoms. The Labute approximate surface area is 72.3 Å². The van der Waals surface area contributed by atoms with Crippen molar-refractivity contribution in [3.8, 4) is 0 Å². The van der Waals surface area contributed by atoms with Gasteiger partial charge in [-0.3, -0.25) is 0 Å². The molecule has 12 heavy (non-hydrogen) atoms. The number of nitrogens with zero attached hydrogens (tertiary/aromatic N) is 1. The lowest BCUT2D eigenvalue weighted by Crippen LogP contribution is -2.13. The van der Waals surface area contributed by atoms with Gasteiger partial charge in [-0.25, -0.2) is 4.98 Å². The maximum absolute atomic E-state index is 4.40. The van der Waals surface area contributed by atoms with Crippen molar-refractivity contribution < 1.29 is 0 Å². The number of fused-ring (bicyclic) bond motifs is 1. The summed E-state index contributed by atoms with van der Waals surface area (Å²) in [5.41, 5.74) is 2.27. The van der Waals surface area contributed by atoms with E-state index in [9.17, 15) is 0 Å². The van der Waals surface area contributed by atoms with E-state index in [4.69, 9.17) is 0 Å². The molecule has 1 aliphatic rings. The normalized spacial score (nSPS) is 14.7. The monoisotopic (exact) mass is 160 g/mol. The molecular formula is C10H12N2. The summed E-state index contributed by atoms with van der Waals surface area (Å²) in [6.45, 7) is 4.73. The number of anilines is 1. The Hall–Kier alpha value is -1.31. The second kappa shape index (κ2) is 2.97. The molecule has 2 nitrogen and oxygen atoms in total. The van der Waals surface area contributed by atoms with Crippen LogP contribution >= 0.6 is 0 Å². The highest BCUT2D eigenvalue weighted by Crippen LogP contribution is 2.19. The Balaban J connectivity index is 2.42. The Morgan fingerprint density at radius 3 is 3.25 bits per heavy atom. The van der Waals surface area contributed by atoms with Gasteiger partial charge in [0.05, 0.1) is 5.69 Å². The molecule has 1 aliphatic heterocycles. The van der Waals surface area contributed by atoms with E-state index >= 15 is 0 Å². The molecule has 0 spiro atoms. The van der Waals surface area contributed by atoms with Crippen LogP contribution < -0.4 is 5.32 Å². The molecule has 0 unspecified atom stereocenters. The standard InChI is InChI=1S/C10H12N2/c1-2-9-6-5-8-4-3-7-11-10(8)12-9/h2,5-6H,1,3-4,7H2,(H,11,12). The van der Waals surface area contributed by atoms with Gasteiger partial charge in [-0.2, -0.15) is 0 Å². The molecule has 1 aromatic heterocycles. The number of nitrogens with one attached hydrogen (secondary N) is 1. The number of hydrogen-bond donors (Lipinski definition) is 1. The molecule has 0 amide bonds. The maximum atomic E-state index is 4.40. The summed E-state index contributed by atoms with van der Waals surface area (Å²) in [5.74, 6) is 1.04. The van der Waals surface area contributed by atoms with Crippen LogP contribution in [0.3, 0.4) is 0 Å². The first-order valence-electron chi connectivity index (χ1n) is 4.26. The summed E-state index contributed by atoms with van der Waals surface area (Å²) in [4.78, 5) is 4.40. The van der Waals surface area contributed by atoms with E-state index in [-0.39, 0.29) is 0 Å². The van der Waals surface area contributed by atoms with Gasteiger partial charge in [-0.1, -0.05) is 12.6 Å². The van der Waals surface area contributed by atoms with E-state index in [0.717, 1.165) is 24.5 Å². The van der Waals surface area contributed by atoms with Crippen LogP contribution in [0.25, 0.3) is 6.08 Å². The zero-order chi connectivity index (χ0) is 8.39. The van der Waals surface area contributed by atoms with Crippen molar-refractivity contribution in [1.82, 2.24) is 4.98 Å². The number of pyridine rings is 1. The highest BCUT2D eigenvalue weighted by molar-refractivity contribution is 5.52. The molecule has 1 N–H and O–H groups in total. The predicted molar refractivity (Wildman–Crippen MR) is 51.1 cm³/mol. The van der Waals surface area contributed by atoms with Crippen molar-refractivity contribution in [2.75, 3.05) is 11.9 Å². The number of aryl methyl sites for hydroxylation is 1. The third-order valence-corrected chi connectivity index (χ3v) is 2.12. The molecule has 0 fully saturated rings. The van der Waals surface area contributed by atoms with Gasteiger partial charge in [-0.05, 0) is 30.5 Å². The Bertz CT molecular complexity index is 305. The second-order valence-electron chi connectivity index (χ2n) is 2.98. The van der Waals surface area contributed by atoms with Crippen LogP contribution in [0.2, 0.25) is 0 Å². The van der Waals surface area contributed by atoms with Crippen LogP contribution in [-0.2, 0) is 6.42 Å². The van der Waals surface area contributed by atoms with Gasteiger partial charge < -0.3 is 5.32 Å². The fourth-order valence-corrected chi connectivity index (χ4v) is 1.46. The van der Waals surface area contributed by atoms with Gasteiger partial charge in [0.1, 0.15) is 5.82 Å². The smallest absolute Gasteiger partial charge is 0.129 e. The van der Waals surface area contributed by atoms with E-state index in [1.54, 1.807) is 6.08 Å². The fraction of sp³-hybridized carbons (Fsp3) is 0.300. The molecule has 0 aliphatic carbocycles. The topological polar surface area (TPSA) is 24.9 Å². The molecule has 2 rings (SSSR count). The molecule has 0 atom stereocenters. The first kappa shape index (κ1) is 7.35. The van der Waals surface area contributed by atoms with E-state index in [1.165, 1.54) is 12.0 Å². The number of aromatic nitrogens is 1. The third-order valence-electron chi connectivity index (χ3n) is 2.12. The van der Waals surface area contributed by atoms with Crippen molar-refractivity contribution in [3.05, 3.63) is 30.0 Å². The van der Waals surface area contributed by atoms with Gasteiger partial charge in [0.15, 0.2) is 0 Å². The molecule has 1 aromatic rings. The molecule has 0 saturated carbocycles. The fourth-order valence-electron chi connectivity index (χ4n) is 1.46. The van der Waals surface area contributed by atoms with Crippen molar-refractivity contribution in [3.63, 3.8) is 0 Å². The van der Waals surface area contributed by atoms with Crippen LogP contribution in [0.15, 0.2) is 18.7 Å². The lowest BCUT2D eigenvalue weighted by Gasteiger charge is -2.16. The molecule has 0 aromatic carbocycles. The quantitative estimate of drug-likeness (QED) is 0.680. The van der Waals surface area contributed by atoms with Crippen LogP contribution in [-0.4, -0.2) is 11.5 Å². The van der Waals surface area contributed by atoms with Crippen molar-refractivity contribution >= 4 is 11.9 Å². The minimum Gasteiger partial charge on any atom is -0.370 e. The molecule has 2 heteroatoms. The molecule has 62 valence electrons.